The average molecular weight is 424 g/mol. The molecule has 0 aliphatic rings. The number of pyridine rings is 1. The molecule has 0 saturated heterocycles. The fourth-order valence-electron chi connectivity index (χ4n) is 3.08. The first kappa shape index (κ1) is 21.3. The molecule has 0 fully saturated rings. The van der Waals surface area contributed by atoms with Crippen LogP contribution in [0.25, 0.3) is 11.1 Å². The van der Waals surface area contributed by atoms with E-state index >= 15 is 0 Å². The van der Waals surface area contributed by atoms with E-state index in [-0.39, 0.29) is 41.3 Å². The topological polar surface area (TPSA) is 138 Å². The fourth-order valence-corrected chi connectivity index (χ4v) is 3.41. The highest BCUT2D eigenvalue weighted by atomic mass is 35.5. The van der Waals surface area contributed by atoms with E-state index < -0.39 is 0 Å². The number of aromatic hydroxyl groups is 1. The molecule has 2 aromatic carbocycles. The van der Waals surface area contributed by atoms with Crippen molar-refractivity contribution in [3.05, 3.63) is 82.1 Å². The normalized spacial score (nSPS) is 10.6. The lowest BCUT2D eigenvalue weighted by atomic mass is 9.97. The first-order valence-corrected chi connectivity index (χ1v) is 9.64. The number of nitrogen functional groups attached to an aromatic ring is 1. The molecule has 7 N–H and O–H groups in total. The molecule has 30 heavy (non-hydrogen) atoms. The minimum absolute atomic E-state index is 0.00224. The smallest absolute Gasteiger partial charge is 0.224 e. The Labute approximate surface area is 179 Å². The molecule has 8 heteroatoms. The van der Waals surface area contributed by atoms with Crippen molar-refractivity contribution in [1.82, 2.24) is 10.3 Å². The molecule has 0 bridgehead atoms. The summed E-state index contributed by atoms with van der Waals surface area (Å²) in [6, 6.07) is 16.2. The number of benzene rings is 2. The maximum Gasteiger partial charge on any atom is 0.224 e. The summed E-state index contributed by atoms with van der Waals surface area (Å²) >= 11 is 6.38. The molecule has 0 unspecified atom stereocenters. The number of nitrogens with two attached hydrogens (primary N) is 2. The van der Waals surface area contributed by atoms with Gasteiger partial charge < -0.3 is 21.9 Å². The third-order valence-corrected chi connectivity index (χ3v) is 4.92. The standard InChI is InChI=1S/C22H22ClN5O2/c23-21-19(14-4-2-1-3-5-14)16(20(30)17(11-24)28-21)10-18(29)27-12-13-6-8-15(9-7-13)22(25)26/h1-9,30H,10-12,24H2,(H3,25,26)(H,27,29). The summed E-state index contributed by atoms with van der Waals surface area (Å²) in [5, 5.41) is 21.1. The van der Waals surface area contributed by atoms with Gasteiger partial charge in [-0.15, -0.1) is 0 Å². The number of aromatic nitrogens is 1. The molecule has 7 nitrogen and oxygen atoms in total. The van der Waals surface area contributed by atoms with Crippen molar-refractivity contribution < 1.29 is 9.90 Å². The van der Waals surface area contributed by atoms with Crippen LogP contribution in [0.15, 0.2) is 54.6 Å². The van der Waals surface area contributed by atoms with E-state index in [9.17, 15) is 9.90 Å². The van der Waals surface area contributed by atoms with Gasteiger partial charge >= 0.3 is 0 Å². The Bertz CT molecular complexity index is 1070. The van der Waals surface area contributed by atoms with E-state index in [0.29, 0.717) is 23.2 Å². The SMILES string of the molecule is N=C(N)c1ccc(CNC(=O)Cc2c(O)c(CN)nc(Cl)c2-c2ccccc2)cc1. The summed E-state index contributed by atoms with van der Waals surface area (Å²) < 4.78 is 0. The van der Waals surface area contributed by atoms with Crippen LogP contribution in [0, 0.1) is 5.41 Å². The van der Waals surface area contributed by atoms with Crippen LogP contribution in [0.5, 0.6) is 5.75 Å². The summed E-state index contributed by atoms with van der Waals surface area (Å²) in [4.78, 5) is 16.8. The molecule has 1 heterocycles. The molecule has 0 atom stereocenters. The van der Waals surface area contributed by atoms with Gasteiger partial charge in [-0.1, -0.05) is 66.2 Å². The van der Waals surface area contributed by atoms with Crippen LogP contribution in [0.4, 0.5) is 0 Å². The first-order chi connectivity index (χ1) is 14.4. The third-order valence-electron chi connectivity index (χ3n) is 4.65. The van der Waals surface area contributed by atoms with E-state index in [4.69, 9.17) is 28.5 Å². The second kappa shape index (κ2) is 9.39. The van der Waals surface area contributed by atoms with Crippen LogP contribution < -0.4 is 16.8 Å². The van der Waals surface area contributed by atoms with Gasteiger partial charge in [0.15, 0.2) is 0 Å². The Morgan fingerprint density at radius 1 is 1.13 bits per heavy atom. The van der Waals surface area contributed by atoms with Crippen LogP contribution in [0.1, 0.15) is 22.4 Å². The molecule has 154 valence electrons. The van der Waals surface area contributed by atoms with Crippen molar-refractivity contribution in [2.75, 3.05) is 0 Å². The van der Waals surface area contributed by atoms with Crippen LogP contribution >= 0.6 is 11.6 Å². The Kier molecular flexibility index (Phi) is 6.66. The highest BCUT2D eigenvalue weighted by Crippen LogP contribution is 2.37. The number of amides is 1. The van der Waals surface area contributed by atoms with Crippen molar-refractivity contribution in [2.24, 2.45) is 11.5 Å². The van der Waals surface area contributed by atoms with E-state index in [0.717, 1.165) is 11.1 Å². The molecule has 0 aliphatic heterocycles. The molecule has 0 aliphatic carbocycles. The molecule has 0 saturated carbocycles. The lowest BCUT2D eigenvalue weighted by molar-refractivity contribution is -0.120. The lowest BCUT2D eigenvalue weighted by Gasteiger charge is -2.16. The minimum Gasteiger partial charge on any atom is -0.506 e. The maximum atomic E-state index is 12.6. The lowest BCUT2D eigenvalue weighted by Crippen LogP contribution is -2.25. The van der Waals surface area contributed by atoms with E-state index in [2.05, 4.69) is 10.3 Å². The van der Waals surface area contributed by atoms with Gasteiger partial charge in [-0.2, -0.15) is 0 Å². The number of carbonyl (C=O) groups excluding carboxylic acids is 1. The maximum absolute atomic E-state index is 12.6. The molecule has 0 spiro atoms. The van der Waals surface area contributed by atoms with Crippen LogP contribution in [-0.4, -0.2) is 21.8 Å². The van der Waals surface area contributed by atoms with Gasteiger partial charge in [0, 0.05) is 29.8 Å². The fraction of sp³-hybridized carbons (Fsp3) is 0.136. The highest BCUT2D eigenvalue weighted by Gasteiger charge is 2.21. The van der Waals surface area contributed by atoms with Crippen molar-refractivity contribution >= 4 is 23.3 Å². The molecular weight excluding hydrogens is 402 g/mol. The molecule has 3 rings (SSSR count). The van der Waals surface area contributed by atoms with E-state index in [1.807, 2.05) is 30.3 Å². The second-order valence-corrected chi connectivity index (χ2v) is 7.04. The predicted molar refractivity (Wildman–Crippen MR) is 117 cm³/mol. The zero-order chi connectivity index (χ0) is 21.7. The van der Waals surface area contributed by atoms with Gasteiger partial charge in [-0.25, -0.2) is 4.98 Å². The van der Waals surface area contributed by atoms with E-state index in [1.165, 1.54) is 0 Å². The Morgan fingerprint density at radius 3 is 2.40 bits per heavy atom. The van der Waals surface area contributed by atoms with Gasteiger partial charge in [0.25, 0.3) is 0 Å². The number of nitrogens with zero attached hydrogens (tertiary/aromatic N) is 1. The monoisotopic (exact) mass is 423 g/mol. The summed E-state index contributed by atoms with van der Waals surface area (Å²) in [6.45, 7) is 0.290. The third kappa shape index (κ3) is 4.76. The number of carbonyl (C=O) groups is 1. The number of hydrogen-bond donors (Lipinski definition) is 5. The first-order valence-electron chi connectivity index (χ1n) is 9.26. The van der Waals surface area contributed by atoms with Crippen LogP contribution in [-0.2, 0) is 24.3 Å². The van der Waals surface area contributed by atoms with Crippen LogP contribution in [0.2, 0.25) is 5.15 Å². The molecular formula is C22H22ClN5O2. The van der Waals surface area contributed by atoms with Crippen molar-refractivity contribution in [3.63, 3.8) is 0 Å². The molecule has 1 amide bonds. The van der Waals surface area contributed by atoms with Gasteiger partial charge in [0.1, 0.15) is 16.7 Å². The van der Waals surface area contributed by atoms with Gasteiger partial charge in [-0.05, 0) is 11.1 Å². The van der Waals surface area contributed by atoms with Gasteiger partial charge in [0.2, 0.25) is 5.91 Å². The average Bonchev–Trinajstić information content (AvgIpc) is 2.75. The largest absolute Gasteiger partial charge is 0.506 e. The van der Waals surface area contributed by atoms with Crippen molar-refractivity contribution in [3.8, 4) is 16.9 Å². The van der Waals surface area contributed by atoms with Crippen molar-refractivity contribution in [1.29, 1.82) is 5.41 Å². The molecule has 0 radical (unpaired) electrons. The molecule has 3 aromatic rings. The Morgan fingerprint density at radius 2 is 1.80 bits per heavy atom. The number of hydrogen-bond acceptors (Lipinski definition) is 5. The summed E-state index contributed by atoms with van der Waals surface area (Å²) in [6.07, 6.45) is -0.0865. The predicted octanol–water partition coefficient (Wildman–Crippen LogP) is 2.71. The number of nitrogens with one attached hydrogen (secondary N) is 2. The quantitative estimate of drug-likeness (QED) is 0.226. The van der Waals surface area contributed by atoms with Crippen molar-refractivity contribution in [2.45, 2.75) is 19.5 Å². The summed E-state index contributed by atoms with van der Waals surface area (Å²) in [5.74, 6) is -0.426. The molecule has 1 aromatic heterocycles. The zero-order valence-electron chi connectivity index (χ0n) is 16.2. The van der Waals surface area contributed by atoms with Gasteiger partial charge in [0.05, 0.1) is 12.1 Å². The second-order valence-electron chi connectivity index (χ2n) is 6.69. The van der Waals surface area contributed by atoms with E-state index in [1.54, 1.807) is 24.3 Å². The summed E-state index contributed by atoms with van der Waals surface area (Å²) in [7, 11) is 0. The zero-order valence-corrected chi connectivity index (χ0v) is 16.9. The summed E-state index contributed by atoms with van der Waals surface area (Å²) in [5.41, 5.74) is 14.5. The number of halogens is 1. The Hall–Kier alpha value is -3.42. The highest BCUT2D eigenvalue weighted by molar-refractivity contribution is 6.32. The van der Waals surface area contributed by atoms with Gasteiger partial charge in [-0.3, -0.25) is 10.2 Å². The Balaban J connectivity index is 1.83. The minimum atomic E-state index is -0.289. The number of rotatable bonds is 7. The number of amidine groups is 1. The van der Waals surface area contributed by atoms with Crippen LogP contribution in [0.3, 0.4) is 0 Å².